The SMILES string of the molecule is NC1CN(C(=O)OCc2ccccc2)CC1CO.O=C(O)C(O)c1ccccc1. The van der Waals surface area contributed by atoms with E-state index in [9.17, 15) is 9.59 Å². The average molecular weight is 402 g/mol. The smallest absolute Gasteiger partial charge is 0.410 e. The van der Waals surface area contributed by atoms with Crippen LogP contribution in [-0.4, -0.2) is 58.0 Å². The molecule has 3 unspecified atom stereocenters. The fourth-order valence-corrected chi connectivity index (χ4v) is 2.83. The molecular formula is C21H26N2O6. The molecule has 0 spiro atoms. The highest BCUT2D eigenvalue weighted by atomic mass is 16.6. The Morgan fingerprint density at radius 1 is 1.07 bits per heavy atom. The Labute approximate surface area is 169 Å². The molecule has 8 nitrogen and oxygen atoms in total. The van der Waals surface area contributed by atoms with E-state index in [0.717, 1.165) is 5.56 Å². The quantitative estimate of drug-likeness (QED) is 0.594. The summed E-state index contributed by atoms with van der Waals surface area (Å²) in [6.45, 7) is 1.17. The van der Waals surface area contributed by atoms with Crippen molar-refractivity contribution < 1.29 is 29.6 Å². The zero-order valence-electron chi connectivity index (χ0n) is 15.9. The van der Waals surface area contributed by atoms with E-state index in [1.165, 1.54) is 0 Å². The molecule has 2 aromatic carbocycles. The van der Waals surface area contributed by atoms with Crippen LogP contribution in [0.2, 0.25) is 0 Å². The summed E-state index contributed by atoms with van der Waals surface area (Å²) in [4.78, 5) is 23.6. The lowest BCUT2D eigenvalue weighted by Gasteiger charge is -2.15. The van der Waals surface area contributed by atoms with Crippen molar-refractivity contribution in [1.29, 1.82) is 0 Å². The number of likely N-dealkylation sites (tertiary alicyclic amines) is 1. The summed E-state index contributed by atoms with van der Waals surface area (Å²) >= 11 is 0. The van der Waals surface area contributed by atoms with Crippen LogP contribution >= 0.6 is 0 Å². The van der Waals surface area contributed by atoms with Gasteiger partial charge < -0.3 is 30.7 Å². The summed E-state index contributed by atoms with van der Waals surface area (Å²) in [5, 5.41) is 26.5. The average Bonchev–Trinajstić information content (AvgIpc) is 3.14. The summed E-state index contributed by atoms with van der Waals surface area (Å²) in [5.41, 5.74) is 7.17. The fourth-order valence-electron chi connectivity index (χ4n) is 2.83. The first kappa shape index (κ1) is 22.4. The second-order valence-electron chi connectivity index (χ2n) is 6.70. The molecular weight excluding hydrogens is 376 g/mol. The van der Waals surface area contributed by atoms with Crippen LogP contribution in [0.3, 0.4) is 0 Å². The molecule has 1 aliphatic heterocycles. The van der Waals surface area contributed by atoms with E-state index >= 15 is 0 Å². The predicted octanol–water partition coefficient (Wildman–Crippen LogP) is 1.38. The maximum atomic E-state index is 11.8. The Morgan fingerprint density at radius 2 is 1.66 bits per heavy atom. The highest BCUT2D eigenvalue weighted by Crippen LogP contribution is 2.16. The van der Waals surface area contributed by atoms with Crippen molar-refractivity contribution in [1.82, 2.24) is 4.90 Å². The molecule has 1 heterocycles. The summed E-state index contributed by atoms with van der Waals surface area (Å²) < 4.78 is 5.20. The number of amides is 1. The molecule has 1 fully saturated rings. The lowest BCUT2D eigenvalue weighted by atomic mass is 10.1. The summed E-state index contributed by atoms with van der Waals surface area (Å²) in [5.74, 6) is -1.27. The Bertz CT molecular complexity index is 771. The maximum Gasteiger partial charge on any atom is 0.410 e. The first-order valence-corrected chi connectivity index (χ1v) is 9.20. The second-order valence-corrected chi connectivity index (χ2v) is 6.70. The van der Waals surface area contributed by atoms with Gasteiger partial charge in [0.05, 0.1) is 0 Å². The van der Waals surface area contributed by atoms with Gasteiger partial charge in [-0.05, 0) is 11.1 Å². The number of benzene rings is 2. The minimum absolute atomic E-state index is 0.00360. The van der Waals surface area contributed by atoms with Crippen molar-refractivity contribution in [3.63, 3.8) is 0 Å². The molecule has 5 N–H and O–H groups in total. The van der Waals surface area contributed by atoms with E-state index < -0.39 is 12.1 Å². The van der Waals surface area contributed by atoms with Crippen molar-refractivity contribution >= 4 is 12.1 Å². The van der Waals surface area contributed by atoms with Crippen LogP contribution in [0.5, 0.6) is 0 Å². The normalized spacial score (nSPS) is 19.1. The van der Waals surface area contributed by atoms with Crippen LogP contribution < -0.4 is 5.73 Å². The standard InChI is InChI=1S/C13H18N2O3.C8H8O3/c14-12-7-15(6-11(12)8-16)13(17)18-9-10-4-2-1-3-5-10;9-7(8(10)11)6-4-2-1-3-5-6/h1-5,11-12,16H,6-9,14H2;1-5,7,9H,(H,10,11). The van der Waals surface area contributed by atoms with Gasteiger partial charge in [-0.3, -0.25) is 0 Å². The number of carbonyl (C=O) groups is 2. The van der Waals surface area contributed by atoms with Crippen LogP contribution in [0, 0.1) is 5.92 Å². The number of hydrogen-bond acceptors (Lipinski definition) is 6. The zero-order valence-corrected chi connectivity index (χ0v) is 15.9. The molecule has 1 amide bonds. The molecule has 1 aliphatic rings. The van der Waals surface area contributed by atoms with Gasteiger partial charge in [0, 0.05) is 31.7 Å². The zero-order chi connectivity index (χ0) is 21.2. The van der Waals surface area contributed by atoms with Gasteiger partial charge in [0.1, 0.15) is 6.61 Å². The van der Waals surface area contributed by atoms with Crippen LogP contribution in [0.25, 0.3) is 0 Å². The monoisotopic (exact) mass is 402 g/mol. The molecule has 156 valence electrons. The molecule has 3 rings (SSSR count). The van der Waals surface area contributed by atoms with Gasteiger partial charge in [-0.25, -0.2) is 9.59 Å². The van der Waals surface area contributed by atoms with Gasteiger partial charge in [-0.15, -0.1) is 0 Å². The fraction of sp³-hybridized carbons (Fsp3) is 0.333. The summed E-state index contributed by atoms with van der Waals surface area (Å²) in [7, 11) is 0. The third-order valence-electron chi connectivity index (χ3n) is 4.54. The van der Waals surface area contributed by atoms with Crippen molar-refractivity contribution in [3.05, 3.63) is 71.8 Å². The van der Waals surface area contributed by atoms with Gasteiger partial charge in [0.15, 0.2) is 6.10 Å². The van der Waals surface area contributed by atoms with Crippen molar-refractivity contribution in [2.24, 2.45) is 11.7 Å². The van der Waals surface area contributed by atoms with Crippen molar-refractivity contribution in [2.75, 3.05) is 19.7 Å². The number of carboxylic acids is 1. The molecule has 2 aromatic rings. The van der Waals surface area contributed by atoms with Crippen LogP contribution in [0.4, 0.5) is 4.79 Å². The molecule has 0 radical (unpaired) electrons. The first-order chi connectivity index (χ1) is 13.9. The minimum Gasteiger partial charge on any atom is -0.479 e. The molecule has 8 heteroatoms. The van der Waals surface area contributed by atoms with Crippen LogP contribution in [0.15, 0.2) is 60.7 Å². The van der Waals surface area contributed by atoms with E-state index in [1.807, 2.05) is 30.3 Å². The summed E-state index contributed by atoms with van der Waals surface area (Å²) in [6, 6.07) is 17.6. The molecule has 0 saturated carbocycles. The number of nitrogens with zero attached hydrogens (tertiary/aromatic N) is 1. The highest BCUT2D eigenvalue weighted by Gasteiger charge is 2.33. The predicted molar refractivity (Wildman–Crippen MR) is 106 cm³/mol. The van der Waals surface area contributed by atoms with E-state index in [-0.39, 0.29) is 31.3 Å². The number of hydrogen-bond donors (Lipinski definition) is 4. The van der Waals surface area contributed by atoms with Crippen molar-refractivity contribution in [3.8, 4) is 0 Å². The molecule has 0 bridgehead atoms. The van der Waals surface area contributed by atoms with Gasteiger partial charge in [0.2, 0.25) is 0 Å². The number of aliphatic hydroxyl groups excluding tert-OH is 2. The van der Waals surface area contributed by atoms with Crippen molar-refractivity contribution in [2.45, 2.75) is 18.8 Å². The number of carbonyl (C=O) groups excluding carboxylic acids is 1. The lowest BCUT2D eigenvalue weighted by Crippen LogP contribution is -2.33. The molecule has 0 aliphatic carbocycles. The van der Waals surface area contributed by atoms with E-state index in [0.29, 0.717) is 18.7 Å². The largest absolute Gasteiger partial charge is 0.479 e. The number of carboxylic acid groups (broad SMARTS) is 1. The maximum absolute atomic E-state index is 11.8. The van der Waals surface area contributed by atoms with Gasteiger partial charge in [0.25, 0.3) is 0 Å². The van der Waals surface area contributed by atoms with Crippen LogP contribution in [-0.2, 0) is 16.1 Å². The first-order valence-electron chi connectivity index (χ1n) is 9.20. The van der Waals surface area contributed by atoms with Gasteiger partial charge in [-0.2, -0.15) is 0 Å². The Hall–Kier alpha value is -2.94. The summed E-state index contributed by atoms with van der Waals surface area (Å²) in [6.07, 6.45) is -1.78. The Kier molecular flexibility index (Phi) is 8.60. The van der Waals surface area contributed by atoms with E-state index in [2.05, 4.69) is 0 Å². The number of aliphatic carboxylic acids is 1. The number of rotatable bonds is 5. The van der Waals surface area contributed by atoms with Gasteiger partial charge >= 0.3 is 12.1 Å². The Balaban J connectivity index is 0.000000234. The number of ether oxygens (including phenoxy) is 1. The third kappa shape index (κ3) is 6.86. The molecule has 29 heavy (non-hydrogen) atoms. The minimum atomic E-state index is -1.41. The molecule has 1 saturated heterocycles. The van der Waals surface area contributed by atoms with Crippen LogP contribution in [0.1, 0.15) is 17.2 Å². The lowest BCUT2D eigenvalue weighted by molar-refractivity contribution is -0.146. The topological polar surface area (TPSA) is 133 Å². The number of aliphatic hydroxyl groups is 2. The van der Waals surface area contributed by atoms with E-state index in [4.69, 9.17) is 25.8 Å². The number of nitrogens with two attached hydrogens (primary N) is 1. The molecule has 3 atom stereocenters. The van der Waals surface area contributed by atoms with E-state index in [1.54, 1.807) is 35.2 Å². The van der Waals surface area contributed by atoms with Gasteiger partial charge in [-0.1, -0.05) is 60.7 Å². The third-order valence-corrected chi connectivity index (χ3v) is 4.54. The Morgan fingerprint density at radius 3 is 2.17 bits per heavy atom. The highest BCUT2D eigenvalue weighted by molar-refractivity contribution is 5.73. The second kappa shape index (κ2) is 11.2. The molecule has 0 aromatic heterocycles.